The average molecular weight is 293 g/mol. The van der Waals surface area contributed by atoms with Gasteiger partial charge >= 0.3 is 5.97 Å². The van der Waals surface area contributed by atoms with Gasteiger partial charge in [0.1, 0.15) is 18.1 Å². The topological polar surface area (TPSA) is 82.5 Å². The van der Waals surface area contributed by atoms with Crippen LogP contribution in [-0.2, 0) is 0 Å². The Balaban J connectivity index is 2.82. The number of rotatable bonds is 5. The van der Waals surface area contributed by atoms with Gasteiger partial charge in [0.2, 0.25) is 0 Å². The first-order chi connectivity index (χ1) is 7.54. The lowest BCUT2D eigenvalue weighted by Gasteiger charge is -2.10. The lowest BCUT2D eigenvalue weighted by Crippen LogP contribution is -2.22. The Morgan fingerprint density at radius 3 is 2.94 bits per heavy atom. The summed E-state index contributed by atoms with van der Waals surface area (Å²) in [5, 5.41) is 20.4. The van der Waals surface area contributed by atoms with E-state index in [-0.39, 0.29) is 17.9 Å². The molecule has 0 amide bonds. The summed E-state index contributed by atoms with van der Waals surface area (Å²) in [7, 11) is 0. The average Bonchev–Trinajstić information content (AvgIpc) is 2.26. The summed E-state index contributed by atoms with van der Waals surface area (Å²) >= 11 is 3.10. The first-order valence-corrected chi connectivity index (χ1v) is 5.20. The fourth-order valence-electron chi connectivity index (χ4n) is 1.01. The van der Waals surface area contributed by atoms with Gasteiger partial charge in [0.15, 0.2) is 0 Å². The van der Waals surface area contributed by atoms with Gasteiger partial charge in [-0.15, -0.1) is 0 Å². The highest BCUT2D eigenvalue weighted by atomic mass is 79.9. The monoisotopic (exact) mass is 292 g/mol. The van der Waals surface area contributed by atoms with Gasteiger partial charge in [0, 0.05) is 17.2 Å². The summed E-state index contributed by atoms with van der Waals surface area (Å²) in [4.78, 5) is 14.7. The third kappa shape index (κ3) is 3.42. The zero-order valence-corrected chi connectivity index (χ0v) is 9.74. The highest BCUT2D eigenvalue weighted by molar-refractivity contribution is 9.10. The molecule has 1 aromatic rings. The van der Waals surface area contributed by atoms with Crippen molar-refractivity contribution in [3.63, 3.8) is 0 Å². The number of hydrogen-bond acceptors (Lipinski definition) is 4. The first-order valence-electron chi connectivity index (χ1n) is 4.41. The van der Waals surface area contributed by atoms with Crippen molar-refractivity contribution in [1.82, 2.24) is 4.98 Å². The van der Waals surface area contributed by atoms with Crippen LogP contribution in [0.5, 0.6) is 0 Å². The molecule has 0 aromatic carbocycles. The number of aliphatic hydroxyl groups is 1. The van der Waals surface area contributed by atoms with Crippen molar-refractivity contribution in [3.05, 3.63) is 22.3 Å². The zero-order valence-electron chi connectivity index (χ0n) is 8.15. The number of nitrogens with zero attached hydrogens (tertiary/aromatic N) is 1. The molecule has 88 valence electrons. The molecule has 0 spiro atoms. The maximum atomic E-state index is 12.0. The number of aromatic carboxylic acids is 1. The van der Waals surface area contributed by atoms with E-state index in [1.807, 2.05) is 0 Å². The predicted molar refractivity (Wildman–Crippen MR) is 59.4 cm³/mol. The molecule has 1 aromatic heterocycles. The Morgan fingerprint density at radius 1 is 1.69 bits per heavy atom. The molecular formula is C9H10BrFN2O3. The molecule has 1 heterocycles. The highest BCUT2D eigenvalue weighted by Crippen LogP contribution is 2.17. The third-order valence-corrected chi connectivity index (χ3v) is 2.20. The summed E-state index contributed by atoms with van der Waals surface area (Å²) in [6.07, 6.45) is 0.239. The largest absolute Gasteiger partial charge is 0.478 e. The molecule has 0 aliphatic rings. The molecule has 7 heteroatoms. The Bertz CT molecular complexity index is 389. The van der Waals surface area contributed by atoms with E-state index in [0.717, 1.165) is 0 Å². The van der Waals surface area contributed by atoms with Gasteiger partial charge in [-0.25, -0.2) is 14.2 Å². The molecule has 0 aliphatic heterocycles. The van der Waals surface area contributed by atoms with Crippen LogP contribution < -0.4 is 5.32 Å². The number of pyridine rings is 1. The minimum absolute atomic E-state index is 0.0413. The third-order valence-electron chi connectivity index (χ3n) is 1.77. The minimum Gasteiger partial charge on any atom is -0.478 e. The molecule has 1 rings (SSSR count). The highest BCUT2D eigenvalue weighted by Gasteiger charge is 2.13. The molecule has 0 bridgehead atoms. The number of aliphatic hydroxyl groups excluding tert-OH is 1. The Kier molecular flexibility index (Phi) is 4.63. The number of hydrogen-bond donors (Lipinski definition) is 3. The maximum absolute atomic E-state index is 12.0. The number of halogens is 2. The smallest absolute Gasteiger partial charge is 0.339 e. The van der Waals surface area contributed by atoms with Crippen molar-refractivity contribution in [2.45, 2.75) is 6.10 Å². The Hall–Kier alpha value is -1.21. The van der Waals surface area contributed by atoms with E-state index < -0.39 is 18.7 Å². The van der Waals surface area contributed by atoms with Crippen LogP contribution in [0.2, 0.25) is 0 Å². The molecule has 1 unspecified atom stereocenters. The van der Waals surface area contributed by atoms with E-state index in [0.29, 0.717) is 4.47 Å². The van der Waals surface area contributed by atoms with E-state index in [9.17, 15) is 9.18 Å². The molecule has 0 aliphatic carbocycles. The van der Waals surface area contributed by atoms with Gasteiger partial charge < -0.3 is 15.5 Å². The van der Waals surface area contributed by atoms with E-state index in [1.54, 1.807) is 0 Å². The normalized spacial score (nSPS) is 12.2. The van der Waals surface area contributed by atoms with Crippen LogP contribution in [0.25, 0.3) is 0 Å². The first kappa shape index (κ1) is 12.9. The standard InChI is InChI=1S/C9H10BrFN2O3/c10-5-1-7(9(15)16)8(12-3-5)13-4-6(14)2-11/h1,3,6,14H,2,4H2,(H,12,13)(H,15,16). The molecule has 3 N–H and O–H groups in total. The van der Waals surface area contributed by atoms with Crippen LogP contribution in [-0.4, -0.2) is 40.5 Å². The second-order valence-electron chi connectivity index (χ2n) is 3.04. The molecule has 0 radical (unpaired) electrons. The fourth-order valence-corrected chi connectivity index (χ4v) is 1.34. The summed E-state index contributed by atoms with van der Waals surface area (Å²) in [5.74, 6) is -1.05. The molecule has 0 saturated heterocycles. The van der Waals surface area contributed by atoms with Crippen molar-refractivity contribution in [2.75, 3.05) is 18.5 Å². The van der Waals surface area contributed by atoms with Gasteiger partial charge in [0.25, 0.3) is 0 Å². The molecule has 0 saturated carbocycles. The van der Waals surface area contributed by atoms with Crippen molar-refractivity contribution < 1.29 is 19.4 Å². The molecular weight excluding hydrogens is 283 g/mol. The van der Waals surface area contributed by atoms with Gasteiger partial charge in [-0.2, -0.15) is 0 Å². The number of alkyl halides is 1. The van der Waals surface area contributed by atoms with Crippen LogP contribution in [0.4, 0.5) is 10.2 Å². The summed E-state index contributed by atoms with van der Waals surface area (Å²) < 4.78 is 12.5. The number of carboxylic acid groups (broad SMARTS) is 1. The van der Waals surface area contributed by atoms with E-state index in [4.69, 9.17) is 10.2 Å². The molecule has 16 heavy (non-hydrogen) atoms. The number of anilines is 1. The van der Waals surface area contributed by atoms with Crippen LogP contribution in [0, 0.1) is 0 Å². The van der Waals surface area contributed by atoms with Crippen LogP contribution in [0.15, 0.2) is 16.7 Å². The lowest BCUT2D eigenvalue weighted by atomic mass is 10.2. The van der Waals surface area contributed by atoms with Crippen molar-refractivity contribution in [2.24, 2.45) is 0 Å². The van der Waals surface area contributed by atoms with Crippen LogP contribution in [0.3, 0.4) is 0 Å². The molecule has 0 fully saturated rings. The lowest BCUT2D eigenvalue weighted by molar-refractivity contribution is 0.0697. The van der Waals surface area contributed by atoms with Gasteiger partial charge in [-0.1, -0.05) is 0 Å². The second-order valence-corrected chi connectivity index (χ2v) is 3.96. The van der Waals surface area contributed by atoms with Crippen molar-refractivity contribution in [3.8, 4) is 0 Å². The maximum Gasteiger partial charge on any atom is 0.339 e. The number of carbonyl (C=O) groups is 1. The Labute approximate surface area is 99.4 Å². The molecule has 1 atom stereocenters. The van der Waals surface area contributed by atoms with Crippen LogP contribution >= 0.6 is 15.9 Å². The van der Waals surface area contributed by atoms with Gasteiger partial charge in [-0.05, 0) is 22.0 Å². The summed E-state index contributed by atoms with van der Waals surface area (Å²) in [6.45, 7) is -0.989. The summed E-state index contributed by atoms with van der Waals surface area (Å²) in [6, 6.07) is 1.37. The fraction of sp³-hybridized carbons (Fsp3) is 0.333. The number of aromatic nitrogens is 1. The zero-order chi connectivity index (χ0) is 12.1. The Morgan fingerprint density at radius 2 is 2.38 bits per heavy atom. The van der Waals surface area contributed by atoms with Crippen LogP contribution in [0.1, 0.15) is 10.4 Å². The van der Waals surface area contributed by atoms with Crippen molar-refractivity contribution in [1.29, 1.82) is 0 Å². The number of nitrogens with one attached hydrogen (secondary N) is 1. The second kappa shape index (κ2) is 5.76. The van der Waals surface area contributed by atoms with E-state index in [1.165, 1.54) is 12.3 Å². The minimum atomic E-state index is -1.17. The van der Waals surface area contributed by atoms with Gasteiger partial charge in [0.05, 0.1) is 6.10 Å². The SMILES string of the molecule is O=C(O)c1cc(Br)cnc1NCC(O)CF. The summed E-state index contributed by atoms with van der Waals surface area (Å²) in [5.41, 5.74) is -0.0413. The predicted octanol–water partition coefficient (Wildman–Crippen LogP) is 1.28. The van der Waals surface area contributed by atoms with E-state index >= 15 is 0 Å². The molecule has 5 nitrogen and oxygen atoms in total. The van der Waals surface area contributed by atoms with E-state index in [2.05, 4.69) is 26.2 Å². The van der Waals surface area contributed by atoms with Gasteiger partial charge in [-0.3, -0.25) is 0 Å². The van der Waals surface area contributed by atoms with Crippen molar-refractivity contribution >= 4 is 27.7 Å². The quantitative estimate of drug-likeness (QED) is 0.762. The number of carboxylic acids is 1.